The van der Waals surface area contributed by atoms with Crippen LogP contribution in [0.4, 0.5) is 5.69 Å². The number of nitrogens with one attached hydrogen (secondary N) is 1. The van der Waals surface area contributed by atoms with E-state index in [0.717, 1.165) is 5.56 Å². The monoisotopic (exact) mass is 399 g/mol. The van der Waals surface area contributed by atoms with E-state index in [1.165, 1.54) is 19.8 Å². The second-order valence-electron chi connectivity index (χ2n) is 7.72. The first kappa shape index (κ1) is 22.3. The lowest BCUT2D eigenvalue weighted by molar-refractivity contribution is -0.147. The standard InChI is InChI=1S/C23H29NO5/c1-23(2,3)17-9-6-16(7-10-17)8-13-22(26)29-15-21(25)24-19-14-18(27-4)11-12-20(19)28-5/h6-7,9-12,14H,8,13,15H2,1-5H3,(H,24,25). The van der Waals surface area contributed by atoms with Crippen molar-refractivity contribution in [2.75, 3.05) is 26.1 Å². The van der Waals surface area contributed by atoms with Crippen molar-refractivity contribution in [3.63, 3.8) is 0 Å². The van der Waals surface area contributed by atoms with Crippen LogP contribution in [0.1, 0.15) is 38.3 Å². The molecule has 2 aromatic carbocycles. The molecule has 1 amide bonds. The number of amides is 1. The highest BCUT2D eigenvalue weighted by atomic mass is 16.5. The Bertz CT molecular complexity index is 837. The second kappa shape index (κ2) is 9.96. The molecule has 2 aromatic rings. The number of anilines is 1. The van der Waals surface area contributed by atoms with Crippen LogP contribution in [-0.2, 0) is 26.2 Å². The van der Waals surface area contributed by atoms with Gasteiger partial charge in [-0.05, 0) is 35.1 Å². The molecule has 0 spiro atoms. The minimum absolute atomic E-state index is 0.0935. The van der Waals surface area contributed by atoms with Crippen LogP contribution in [0.25, 0.3) is 0 Å². The van der Waals surface area contributed by atoms with Gasteiger partial charge in [-0.1, -0.05) is 45.0 Å². The van der Waals surface area contributed by atoms with Gasteiger partial charge in [0.15, 0.2) is 6.61 Å². The summed E-state index contributed by atoms with van der Waals surface area (Å²) in [5, 5.41) is 2.66. The number of carbonyl (C=O) groups is 2. The van der Waals surface area contributed by atoms with Crippen LogP contribution < -0.4 is 14.8 Å². The molecule has 0 aromatic heterocycles. The maximum atomic E-state index is 12.1. The Morgan fingerprint density at radius 2 is 1.66 bits per heavy atom. The molecule has 0 aliphatic heterocycles. The number of carbonyl (C=O) groups excluding carboxylic acids is 2. The van der Waals surface area contributed by atoms with E-state index in [0.29, 0.717) is 23.6 Å². The zero-order valence-corrected chi connectivity index (χ0v) is 17.7. The molecule has 0 aliphatic carbocycles. The van der Waals surface area contributed by atoms with Gasteiger partial charge in [-0.2, -0.15) is 0 Å². The number of hydrogen-bond donors (Lipinski definition) is 1. The first-order valence-corrected chi connectivity index (χ1v) is 9.50. The molecule has 0 bridgehead atoms. The molecular weight excluding hydrogens is 370 g/mol. The van der Waals surface area contributed by atoms with E-state index >= 15 is 0 Å². The molecule has 1 N–H and O–H groups in total. The highest BCUT2D eigenvalue weighted by molar-refractivity contribution is 5.94. The molecule has 0 aliphatic rings. The van der Waals surface area contributed by atoms with Crippen LogP contribution >= 0.6 is 0 Å². The highest BCUT2D eigenvalue weighted by Gasteiger charge is 2.14. The van der Waals surface area contributed by atoms with E-state index in [2.05, 4.69) is 38.2 Å². The molecule has 0 unspecified atom stereocenters. The summed E-state index contributed by atoms with van der Waals surface area (Å²) < 4.78 is 15.4. The molecule has 2 rings (SSSR count). The Morgan fingerprint density at radius 3 is 2.24 bits per heavy atom. The van der Waals surface area contributed by atoms with Crippen LogP contribution in [0.2, 0.25) is 0 Å². The van der Waals surface area contributed by atoms with E-state index in [1.54, 1.807) is 18.2 Å². The van der Waals surface area contributed by atoms with Crippen molar-refractivity contribution >= 4 is 17.6 Å². The first-order valence-electron chi connectivity index (χ1n) is 9.50. The number of esters is 1. The van der Waals surface area contributed by atoms with Gasteiger partial charge >= 0.3 is 5.97 Å². The second-order valence-corrected chi connectivity index (χ2v) is 7.72. The third kappa shape index (κ3) is 6.82. The lowest BCUT2D eigenvalue weighted by Crippen LogP contribution is -2.21. The smallest absolute Gasteiger partial charge is 0.306 e. The zero-order chi connectivity index (χ0) is 21.4. The average Bonchev–Trinajstić information content (AvgIpc) is 2.70. The van der Waals surface area contributed by atoms with Crippen molar-refractivity contribution in [1.82, 2.24) is 0 Å². The lowest BCUT2D eigenvalue weighted by Gasteiger charge is -2.19. The predicted molar refractivity (Wildman–Crippen MR) is 113 cm³/mol. The highest BCUT2D eigenvalue weighted by Crippen LogP contribution is 2.28. The number of rotatable bonds is 8. The normalized spacial score (nSPS) is 10.9. The third-order valence-corrected chi connectivity index (χ3v) is 4.48. The van der Waals surface area contributed by atoms with E-state index in [4.69, 9.17) is 14.2 Å². The van der Waals surface area contributed by atoms with Crippen molar-refractivity contribution in [2.24, 2.45) is 0 Å². The van der Waals surface area contributed by atoms with Gasteiger partial charge in [0, 0.05) is 12.5 Å². The number of ether oxygens (including phenoxy) is 3. The van der Waals surface area contributed by atoms with Crippen LogP contribution in [0.15, 0.2) is 42.5 Å². The Hall–Kier alpha value is -3.02. The van der Waals surface area contributed by atoms with Gasteiger partial charge in [-0.15, -0.1) is 0 Å². The van der Waals surface area contributed by atoms with E-state index < -0.39 is 11.9 Å². The number of benzene rings is 2. The van der Waals surface area contributed by atoms with Crippen molar-refractivity contribution in [1.29, 1.82) is 0 Å². The van der Waals surface area contributed by atoms with Gasteiger partial charge in [0.1, 0.15) is 11.5 Å². The molecule has 0 saturated heterocycles. The van der Waals surface area contributed by atoms with Crippen LogP contribution in [0.3, 0.4) is 0 Å². The average molecular weight is 399 g/mol. The Kier molecular flexibility index (Phi) is 7.65. The van der Waals surface area contributed by atoms with Gasteiger partial charge in [-0.3, -0.25) is 9.59 Å². The summed E-state index contributed by atoms with van der Waals surface area (Å²) in [6.07, 6.45) is 0.777. The maximum absolute atomic E-state index is 12.1. The summed E-state index contributed by atoms with van der Waals surface area (Å²) in [7, 11) is 3.04. The SMILES string of the molecule is COc1ccc(OC)c(NC(=O)COC(=O)CCc2ccc(C(C)(C)C)cc2)c1. The molecule has 156 valence electrons. The molecule has 0 radical (unpaired) electrons. The van der Waals surface area contributed by atoms with Gasteiger partial charge in [-0.25, -0.2) is 0 Å². The third-order valence-electron chi connectivity index (χ3n) is 4.48. The van der Waals surface area contributed by atoms with Gasteiger partial charge in [0.25, 0.3) is 5.91 Å². The topological polar surface area (TPSA) is 73.9 Å². The van der Waals surface area contributed by atoms with Crippen LogP contribution in [0, 0.1) is 0 Å². The van der Waals surface area contributed by atoms with E-state index in [1.807, 2.05) is 12.1 Å². The molecule has 6 heteroatoms. The molecule has 0 atom stereocenters. The summed E-state index contributed by atoms with van der Waals surface area (Å²) in [5.41, 5.74) is 2.84. The first-order chi connectivity index (χ1) is 13.7. The molecule has 0 saturated carbocycles. The fourth-order valence-electron chi connectivity index (χ4n) is 2.73. The molecule has 0 heterocycles. The summed E-state index contributed by atoms with van der Waals surface area (Å²) in [6, 6.07) is 13.3. The molecular formula is C23H29NO5. The minimum atomic E-state index is -0.445. The number of hydrogen-bond acceptors (Lipinski definition) is 5. The van der Waals surface area contributed by atoms with Crippen molar-refractivity contribution in [2.45, 2.75) is 39.0 Å². The Labute approximate surface area is 172 Å². The molecule has 0 fully saturated rings. The Morgan fingerprint density at radius 1 is 0.966 bits per heavy atom. The fraction of sp³-hybridized carbons (Fsp3) is 0.391. The molecule has 6 nitrogen and oxygen atoms in total. The quantitative estimate of drug-likeness (QED) is 0.676. The van der Waals surface area contributed by atoms with E-state index in [-0.39, 0.29) is 18.4 Å². The maximum Gasteiger partial charge on any atom is 0.306 e. The van der Waals surface area contributed by atoms with Gasteiger partial charge < -0.3 is 19.5 Å². The predicted octanol–water partition coefficient (Wildman–Crippen LogP) is 4.12. The summed E-state index contributed by atoms with van der Waals surface area (Å²) in [6.45, 7) is 6.12. The van der Waals surface area contributed by atoms with Crippen LogP contribution in [0.5, 0.6) is 11.5 Å². The Balaban J connectivity index is 1.81. The van der Waals surface area contributed by atoms with Crippen molar-refractivity contribution < 1.29 is 23.8 Å². The summed E-state index contributed by atoms with van der Waals surface area (Å²) in [5.74, 6) is 0.205. The summed E-state index contributed by atoms with van der Waals surface area (Å²) in [4.78, 5) is 24.1. The van der Waals surface area contributed by atoms with Crippen molar-refractivity contribution in [3.05, 3.63) is 53.6 Å². The van der Waals surface area contributed by atoms with E-state index in [9.17, 15) is 9.59 Å². The zero-order valence-electron chi connectivity index (χ0n) is 17.7. The molecule has 29 heavy (non-hydrogen) atoms. The summed E-state index contributed by atoms with van der Waals surface area (Å²) >= 11 is 0. The lowest BCUT2D eigenvalue weighted by atomic mass is 9.86. The minimum Gasteiger partial charge on any atom is -0.497 e. The van der Waals surface area contributed by atoms with Gasteiger partial charge in [0.05, 0.1) is 19.9 Å². The number of methoxy groups -OCH3 is 2. The fourth-order valence-corrected chi connectivity index (χ4v) is 2.73. The van der Waals surface area contributed by atoms with Crippen molar-refractivity contribution in [3.8, 4) is 11.5 Å². The van der Waals surface area contributed by atoms with Crippen LogP contribution in [-0.4, -0.2) is 32.7 Å². The largest absolute Gasteiger partial charge is 0.497 e. The number of aryl methyl sites for hydroxylation is 1. The van der Waals surface area contributed by atoms with Gasteiger partial charge in [0.2, 0.25) is 0 Å².